The Morgan fingerprint density at radius 2 is 1.04 bits per heavy atom. The Morgan fingerprint density at radius 1 is 0.458 bits per heavy atom. The number of rotatable bonds is 3. The van der Waals surface area contributed by atoms with Gasteiger partial charge in [-0.15, -0.1) is 0 Å². The standard InChI is InChI=1S/C34H23N.C13H12/c35-31-14-4-1-7-24(31)19-21-15-18-28-26(20-21)25-10-2-3-11-27(25)34(28)29-12-5-8-22-16-17-23-9-6-13-30(34)33(23)32(22)29;1-11-7-9-13(10-8-11)12-5-3-2-4-6-12/h1-18,20H,19,35H2;2-10H,1H3. The van der Waals surface area contributed by atoms with Crippen molar-refractivity contribution in [3.63, 3.8) is 0 Å². The molecular formula is C47H35N. The molecule has 0 bridgehead atoms. The molecule has 0 heterocycles. The van der Waals surface area contributed by atoms with Crippen molar-refractivity contribution in [3.05, 3.63) is 209 Å². The number of para-hydroxylation sites is 1. The number of fused-ring (bicyclic) bond motifs is 7. The summed E-state index contributed by atoms with van der Waals surface area (Å²) in [6, 6.07) is 61.5. The minimum absolute atomic E-state index is 0.279. The Labute approximate surface area is 282 Å². The first kappa shape index (κ1) is 28.3. The minimum Gasteiger partial charge on any atom is -0.398 e. The summed E-state index contributed by atoms with van der Waals surface area (Å²) in [7, 11) is 0. The summed E-state index contributed by atoms with van der Waals surface area (Å²) >= 11 is 0. The van der Waals surface area contributed by atoms with E-state index in [1.54, 1.807) is 0 Å². The lowest BCUT2D eigenvalue weighted by Crippen LogP contribution is -2.26. The van der Waals surface area contributed by atoms with E-state index in [0.717, 1.165) is 12.1 Å². The maximum absolute atomic E-state index is 6.29. The zero-order chi connectivity index (χ0) is 32.2. The molecule has 0 fully saturated rings. The molecule has 0 atom stereocenters. The lowest BCUT2D eigenvalue weighted by Gasteiger charge is -2.30. The Kier molecular flexibility index (Phi) is 6.55. The van der Waals surface area contributed by atoms with Gasteiger partial charge in [0.05, 0.1) is 5.41 Å². The summed E-state index contributed by atoms with van der Waals surface area (Å²) in [6.07, 6.45) is 0.834. The molecule has 1 heteroatoms. The van der Waals surface area contributed by atoms with Crippen molar-refractivity contribution in [1.29, 1.82) is 0 Å². The van der Waals surface area contributed by atoms with Crippen molar-refractivity contribution in [2.45, 2.75) is 18.8 Å². The van der Waals surface area contributed by atoms with Gasteiger partial charge in [0, 0.05) is 5.69 Å². The predicted molar refractivity (Wildman–Crippen MR) is 203 cm³/mol. The van der Waals surface area contributed by atoms with E-state index >= 15 is 0 Å². The van der Waals surface area contributed by atoms with Crippen molar-refractivity contribution in [1.82, 2.24) is 0 Å². The van der Waals surface area contributed by atoms with E-state index in [-0.39, 0.29) is 5.41 Å². The van der Waals surface area contributed by atoms with Crippen LogP contribution >= 0.6 is 0 Å². The van der Waals surface area contributed by atoms with Crippen LogP contribution in [0.15, 0.2) is 170 Å². The van der Waals surface area contributed by atoms with Crippen molar-refractivity contribution in [3.8, 4) is 22.3 Å². The zero-order valence-corrected chi connectivity index (χ0v) is 27.0. The van der Waals surface area contributed by atoms with Gasteiger partial charge in [0.15, 0.2) is 0 Å². The highest BCUT2D eigenvalue weighted by Gasteiger charge is 2.50. The molecule has 1 nitrogen and oxygen atoms in total. The molecule has 228 valence electrons. The predicted octanol–water partition coefficient (Wildman–Crippen LogP) is 11.5. The van der Waals surface area contributed by atoms with Gasteiger partial charge in [0.25, 0.3) is 0 Å². The highest BCUT2D eigenvalue weighted by molar-refractivity contribution is 6.17. The molecule has 0 aliphatic heterocycles. The maximum Gasteiger partial charge on any atom is 0.0725 e. The van der Waals surface area contributed by atoms with Gasteiger partial charge in [-0.25, -0.2) is 0 Å². The molecule has 2 aliphatic rings. The van der Waals surface area contributed by atoms with Crippen LogP contribution < -0.4 is 5.73 Å². The molecule has 2 N–H and O–H groups in total. The Morgan fingerprint density at radius 3 is 1.75 bits per heavy atom. The molecule has 0 saturated heterocycles. The van der Waals surface area contributed by atoms with Crippen LogP contribution in [-0.2, 0) is 11.8 Å². The van der Waals surface area contributed by atoms with Gasteiger partial charge in [0.1, 0.15) is 0 Å². The van der Waals surface area contributed by atoms with Gasteiger partial charge in [-0.2, -0.15) is 0 Å². The molecule has 48 heavy (non-hydrogen) atoms. The minimum atomic E-state index is -0.279. The third-order valence-corrected chi connectivity index (χ3v) is 10.4. The summed E-state index contributed by atoms with van der Waals surface area (Å²) in [5, 5.41) is 5.46. The van der Waals surface area contributed by atoms with Crippen LogP contribution in [-0.4, -0.2) is 0 Å². The fourth-order valence-electron chi connectivity index (χ4n) is 8.24. The van der Waals surface area contributed by atoms with Crippen molar-refractivity contribution in [2.75, 3.05) is 5.73 Å². The van der Waals surface area contributed by atoms with Gasteiger partial charge in [-0.05, 0) is 96.6 Å². The molecule has 0 saturated carbocycles. The molecule has 0 unspecified atom stereocenters. The fraction of sp³-hybridized carbons (Fsp3) is 0.0638. The normalized spacial score (nSPS) is 13.0. The van der Waals surface area contributed by atoms with Gasteiger partial charge >= 0.3 is 0 Å². The number of hydrogen-bond acceptors (Lipinski definition) is 1. The third kappa shape index (κ3) is 4.25. The first-order valence-electron chi connectivity index (χ1n) is 16.8. The van der Waals surface area contributed by atoms with Gasteiger partial charge in [-0.3, -0.25) is 0 Å². The summed E-state index contributed by atoms with van der Waals surface area (Å²) in [5.41, 5.74) is 21.5. The number of benzene rings is 8. The Bertz CT molecular complexity index is 2430. The maximum atomic E-state index is 6.29. The first-order valence-corrected chi connectivity index (χ1v) is 16.8. The Balaban J connectivity index is 0.000000203. The topological polar surface area (TPSA) is 26.0 Å². The molecule has 0 aromatic heterocycles. The molecule has 1 spiro atoms. The van der Waals surface area contributed by atoms with Crippen LogP contribution in [0.25, 0.3) is 43.8 Å². The van der Waals surface area contributed by atoms with Crippen LogP contribution in [0.3, 0.4) is 0 Å². The molecule has 2 aliphatic carbocycles. The van der Waals surface area contributed by atoms with E-state index in [9.17, 15) is 0 Å². The lowest BCUT2D eigenvalue weighted by molar-refractivity contribution is 0.796. The quantitative estimate of drug-likeness (QED) is 0.156. The molecule has 0 amide bonds. The average molecular weight is 614 g/mol. The highest BCUT2D eigenvalue weighted by atomic mass is 14.6. The van der Waals surface area contributed by atoms with Gasteiger partial charge in [-0.1, -0.05) is 169 Å². The average Bonchev–Trinajstić information content (AvgIpc) is 3.61. The summed E-state index contributed by atoms with van der Waals surface area (Å²) < 4.78 is 0. The number of anilines is 1. The smallest absolute Gasteiger partial charge is 0.0725 e. The fourth-order valence-corrected chi connectivity index (χ4v) is 8.24. The number of nitrogens with two attached hydrogens (primary N) is 1. The molecular weight excluding hydrogens is 579 g/mol. The van der Waals surface area contributed by atoms with Crippen LogP contribution in [0.5, 0.6) is 0 Å². The van der Waals surface area contributed by atoms with Gasteiger partial charge in [0.2, 0.25) is 0 Å². The Hall–Kier alpha value is -5.92. The van der Waals surface area contributed by atoms with Crippen LogP contribution in [0.4, 0.5) is 5.69 Å². The van der Waals surface area contributed by atoms with Crippen molar-refractivity contribution >= 4 is 27.2 Å². The van der Waals surface area contributed by atoms with E-state index < -0.39 is 0 Å². The summed E-state index contributed by atoms with van der Waals surface area (Å²) in [4.78, 5) is 0. The van der Waals surface area contributed by atoms with Gasteiger partial charge < -0.3 is 5.73 Å². The number of hydrogen-bond donors (Lipinski definition) is 1. The second-order valence-electron chi connectivity index (χ2n) is 13.2. The second kappa shape index (κ2) is 11.1. The third-order valence-electron chi connectivity index (χ3n) is 10.4. The van der Waals surface area contributed by atoms with E-state index in [1.807, 2.05) is 18.2 Å². The van der Waals surface area contributed by atoms with Crippen LogP contribution in [0.2, 0.25) is 0 Å². The monoisotopic (exact) mass is 613 g/mol. The number of aryl methyl sites for hydroxylation is 1. The first-order chi connectivity index (χ1) is 23.6. The van der Waals surface area contributed by atoms with E-state index in [4.69, 9.17) is 5.73 Å². The van der Waals surface area contributed by atoms with Crippen LogP contribution in [0.1, 0.15) is 38.9 Å². The number of nitrogen functional groups attached to an aromatic ring is 1. The highest BCUT2D eigenvalue weighted by Crippen LogP contribution is 2.62. The van der Waals surface area contributed by atoms with Crippen LogP contribution in [0, 0.1) is 6.92 Å². The summed E-state index contributed by atoms with van der Waals surface area (Å²) in [5.74, 6) is 0. The summed E-state index contributed by atoms with van der Waals surface area (Å²) in [6.45, 7) is 2.11. The van der Waals surface area contributed by atoms with E-state index in [1.165, 1.54) is 82.7 Å². The SMILES string of the molecule is Cc1ccc(-c2ccccc2)cc1.Nc1ccccc1Cc1ccc2c(c1)-c1ccccc1C21c2cccc3ccc4cccc1c4c23. The second-order valence-corrected chi connectivity index (χ2v) is 13.2. The molecule has 8 aromatic rings. The van der Waals surface area contributed by atoms with E-state index in [0.29, 0.717) is 0 Å². The largest absolute Gasteiger partial charge is 0.398 e. The van der Waals surface area contributed by atoms with Crippen molar-refractivity contribution in [2.24, 2.45) is 0 Å². The lowest BCUT2D eigenvalue weighted by atomic mass is 9.70. The van der Waals surface area contributed by atoms with E-state index in [2.05, 4.69) is 159 Å². The molecule has 8 aromatic carbocycles. The zero-order valence-electron chi connectivity index (χ0n) is 27.0. The molecule has 0 radical (unpaired) electrons. The molecule has 10 rings (SSSR count). The van der Waals surface area contributed by atoms with Crippen molar-refractivity contribution < 1.29 is 0 Å².